The largest absolute Gasteiger partial charge is 0.399 e. The van der Waals surface area contributed by atoms with Crippen LogP contribution in [0.5, 0.6) is 0 Å². The summed E-state index contributed by atoms with van der Waals surface area (Å²) in [6.45, 7) is 8.85. The van der Waals surface area contributed by atoms with Crippen LogP contribution in [0.1, 0.15) is 43.5 Å². The topological polar surface area (TPSA) is 58.4 Å². The quantitative estimate of drug-likeness (QED) is 0.746. The van der Waals surface area contributed by atoms with Crippen LogP contribution in [0.15, 0.2) is 24.3 Å². The molecule has 1 aromatic carbocycles. The molecule has 1 amide bonds. The first-order chi connectivity index (χ1) is 10.5. The van der Waals surface area contributed by atoms with E-state index in [0.717, 1.165) is 25.6 Å². The van der Waals surface area contributed by atoms with Gasteiger partial charge in [-0.25, -0.2) is 0 Å². The summed E-state index contributed by atoms with van der Waals surface area (Å²) in [6, 6.07) is 7.14. The summed E-state index contributed by atoms with van der Waals surface area (Å²) in [5.74, 6) is 1.35. The zero-order valence-corrected chi connectivity index (χ0v) is 16.3. The summed E-state index contributed by atoms with van der Waals surface area (Å²) in [6.07, 6.45) is 3.63. The molecule has 138 valence electrons. The molecule has 0 spiro atoms. The summed E-state index contributed by atoms with van der Waals surface area (Å²) in [5.41, 5.74) is 6.99. The van der Waals surface area contributed by atoms with Gasteiger partial charge in [0.15, 0.2) is 0 Å². The van der Waals surface area contributed by atoms with Gasteiger partial charge in [-0.3, -0.25) is 4.79 Å². The minimum atomic E-state index is -0.0189. The Morgan fingerprint density at radius 1 is 1.29 bits per heavy atom. The summed E-state index contributed by atoms with van der Waals surface area (Å²) in [5, 5.41) is 3.05. The molecule has 1 aliphatic heterocycles. The number of nitrogens with two attached hydrogens (primary N) is 1. The predicted molar refractivity (Wildman–Crippen MR) is 106 cm³/mol. The number of nitrogens with one attached hydrogen (secondary N) is 1. The predicted octanol–water partition coefficient (Wildman–Crippen LogP) is 3.60. The van der Waals surface area contributed by atoms with Crippen LogP contribution < -0.4 is 11.1 Å². The Morgan fingerprint density at radius 2 is 1.96 bits per heavy atom. The minimum absolute atomic E-state index is 0. The SMILES string of the molecule is CC(C)CCN1CCC(CNC(=O)c2cccc(N)c2)CC1.Cl.Cl. The van der Waals surface area contributed by atoms with Gasteiger partial charge in [0, 0.05) is 17.8 Å². The van der Waals surface area contributed by atoms with Crippen molar-refractivity contribution in [3.63, 3.8) is 0 Å². The van der Waals surface area contributed by atoms with Gasteiger partial charge in [-0.05, 0) is 68.9 Å². The van der Waals surface area contributed by atoms with Gasteiger partial charge >= 0.3 is 0 Å². The Kier molecular flexibility index (Phi) is 11.1. The van der Waals surface area contributed by atoms with E-state index < -0.39 is 0 Å². The van der Waals surface area contributed by atoms with E-state index in [-0.39, 0.29) is 30.7 Å². The second kappa shape index (κ2) is 11.6. The van der Waals surface area contributed by atoms with Crippen LogP contribution in [0, 0.1) is 11.8 Å². The van der Waals surface area contributed by atoms with E-state index in [9.17, 15) is 4.79 Å². The lowest BCUT2D eigenvalue weighted by Crippen LogP contribution is -2.39. The number of nitrogens with zero attached hydrogens (tertiary/aromatic N) is 1. The fourth-order valence-corrected chi connectivity index (χ4v) is 2.87. The summed E-state index contributed by atoms with van der Waals surface area (Å²) in [4.78, 5) is 14.7. The van der Waals surface area contributed by atoms with Crippen LogP contribution in [0.2, 0.25) is 0 Å². The Hall–Kier alpha value is -0.970. The number of likely N-dealkylation sites (tertiary alicyclic amines) is 1. The van der Waals surface area contributed by atoms with Crippen molar-refractivity contribution in [2.24, 2.45) is 11.8 Å². The van der Waals surface area contributed by atoms with Crippen molar-refractivity contribution in [2.75, 3.05) is 31.9 Å². The summed E-state index contributed by atoms with van der Waals surface area (Å²) >= 11 is 0. The van der Waals surface area contributed by atoms with Crippen molar-refractivity contribution in [3.05, 3.63) is 29.8 Å². The smallest absolute Gasteiger partial charge is 0.251 e. The average molecular weight is 376 g/mol. The molecule has 1 fully saturated rings. The molecular weight excluding hydrogens is 345 g/mol. The molecule has 0 saturated carbocycles. The van der Waals surface area contributed by atoms with Crippen molar-refractivity contribution in [1.29, 1.82) is 0 Å². The molecular formula is C18H31Cl2N3O. The van der Waals surface area contributed by atoms with Crippen LogP contribution in [0.4, 0.5) is 5.69 Å². The highest BCUT2D eigenvalue weighted by atomic mass is 35.5. The number of rotatable bonds is 6. The number of anilines is 1. The van der Waals surface area contributed by atoms with Gasteiger partial charge in [-0.1, -0.05) is 19.9 Å². The fourth-order valence-electron chi connectivity index (χ4n) is 2.87. The molecule has 4 nitrogen and oxygen atoms in total. The van der Waals surface area contributed by atoms with Gasteiger partial charge in [0.05, 0.1) is 0 Å². The molecule has 0 bridgehead atoms. The molecule has 1 saturated heterocycles. The van der Waals surface area contributed by atoms with E-state index in [1.54, 1.807) is 18.2 Å². The Morgan fingerprint density at radius 3 is 2.54 bits per heavy atom. The van der Waals surface area contributed by atoms with Gasteiger partial charge in [-0.15, -0.1) is 24.8 Å². The van der Waals surface area contributed by atoms with Gasteiger partial charge in [0.1, 0.15) is 0 Å². The highest BCUT2D eigenvalue weighted by molar-refractivity contribution is 5.94. The van der Waals surface area contributed by atoms with Crippen LogP contribution in [0.25, 0.3) is 0 Å². The van der Waals surface area contributed by atoms with Crippen molar-refractivity contribution in [3.8, 4) is 0 Å². The normalized spacial score (nSPS) is 15.5. The standard InChI is InChI=1S/C18H29N3O.2ClH/c1-14(2)6-9-21-10-7-15(8-11-21)13-20-18(22)16-4-3-5-17(19)12-16;;/h3-5,12,14-15H,6-11,13,19H2,1-2H3,(H,20,22);2*1H. The van der Waals surface area contributed by atoms with Crippen LogP contribution in [-0.2, 0) is 0 Å². The molecule has 0 atom stereocenters. The first-order valence-electron chi connectivity index (χ1n) is 8.40. The molecule has 0 unspecified atom stereocenters. The Bertz CT molecular complexity index is 489. The number of hydrogen-bond donors (Lipinski definition) is 2. The summed E-state index contributed by atoms with van der Waals surface area (Å²) in [7, 11) is 0. The zero-order chi connectivity index (χ0) is 15.9. The maximum atomic E-state index is 12.1. The Balaban J connectivity index is 0.00000264. The number of halogens is 2. The van der Waals surface area contributed by atoms with E-state index >= 15 is 0 Å². The van der Waals surface area contributed by atoms with E-state index in [4.69, 9.17) is 5.73 Å². The number of piperidine rings is 1. The molecule has 24 heavy (non-hydrogen) atoms. The molecule has 0 aliphatic carbocycles. The second-order valence-corrected chi connectivity index (χ2v) is 6.80. The molecule has 1 aliphatic rings. The van der Waals surface area contributed by atoms with Crippen molar-refractivity contribution >= 4 is 36.4 Å². The highest BCUT2D eigenvalue weighted by Crippen LogP contribution is 2.17. The molecule has 2 rings (SSSR count). The molecule has 0 aromatic heterocycles. The lowest BCUT2D eigenvalue weighted by Gasteiger charge is -2.32. The number of nitrogen functional groups attached to an aromatic ring is 1. The molecule has 1 aromatic rings. The number of amides is 1. The van der Waals surface area contributed by atoms with E-state index in [1.165, 1.54) is 25.8 Å². The van der Waals surface area contributed by atoms with Crippen LogP contribution in [0.3, 0.4) is 0 Å². The van der Waals surface area contributed by atoms with Crippen LogP contribution >= 0.6 is 24.8 Å². The van der Waals surface area contributed by atoms with Gasteiger partial charge in [-0.2, -0.15) is 0 Å². The van der Waals surface area contributed by atoms with Crippen molar-refractivity contribution in [1.82, 2.24) is 10.2 Å². The minimum Gasteiger partial charge on any atom is -0.399 e. The third kappa shape index (κ3) is 7.73. The van der Waals surface area contributed by atoms with Crippen LogP contribution in [-0.4, -0.2) is 37.0 Å². The van der Waals surface area contributed by atoms with E-state index in [2.05, 4.69) is 24.1 Å². The average Bonchev–Trinajstić information content (AvgIpc) is 2.51. The monoisotopic (exact) mass is 375 g/mol. The number of benzene rings is 1. The maximum absolute atomic E-state index is 12.1. The number of carbonyl (C=O) groups excluding carboxylic acids is 1. The fraction of sp³-hybridized carbons (Fsp3) is 0.611. The van der Waals surface area contributed by atoms with Gasteiger partial charge in [0.25, 0.3) is 5.91 Å². The van der Waals surface area contributed by atoms with E-state index in [0.29, 0.717) is 17.2 Å². The molecule has 3 N–H and O–H groups in total. The zero-order valence-electron chi connectivity index (χ0n) is 14.7. The lowest BCUT2D eigenvalue weighted by molar-refractivity contribution is 0.0935. The first-order valence-corrected chi connectivity index (χ1v) is 8.40. The molecule has 1 heterocycles. The Labute approximate surface area is 158 Å². The number of carbonyl (C=O) groups is 1. The molecule has 0 radical (unpaired) electrons. The lowest BCUT2D eigenvalue weighted by atomic mass is 9.96. The van der Waals surface area contributed by atoms with E-state index in [1.807, 2.05) is 6.07 Å². The van der Waals surface area contributed by atoms with Crippen molar-refractivity contribution in [2.45, 2.75) is 33.1 Å². The van der Waals surface area contributed by atoms with Gasteiger partial charge < -0.3 is 16.0 Å². The molecule has 6 heteroatoms. The number of hydrogen-bond acceptors (Lipinski definition) is 3. The van der Waals surface area contributed by atoms with Gasteiger partial charge in [0.2, 0.25) is 0 Å². The van der Waals surface area contributed by atoms with Crippen molar-refractivity contribution < 1.29 is 4.79 Å². The third-order valence-corrected chi connectivity index (χ3v) is 4.43. The third-order valence-electron chi connectivity index (χ3n) is 4.43. The summed E-state index contributed by atoms with van der Waals surface area (Å²) < 4.78 is 0. The highest BCUT2D eigenvalue weighted by Gasteiger charge is 2.19. The maximum Gasteiger partial charge on any atom is 0.251 e. The second-order valence-electron chi connectivity index (χ2n) is 6.80. The first kappa shape index (κ1) is 23.0.